The fourth-order valence-corrected chi connectivity index (χ4v) is 2.40. The van der Waals surface area contributed by atoms with Gasteiger partial charge in [0.2, 0.25) is 0 Å². The Morgan fingerprint density at radius 2 is 1.73 bits per heavy atom. The fraction of sp³-hybridized carbons (Fsp3) is 0.600. The molecule has 0 saturated carbocycles. The lowest BCUT2D eigenvalue weighted by Gasteiger charge is -2.33. The summed E-state index contributed by atoms with van der Waals surface area (Å²) < 4.78 is 5.55. The van der Waals surface area contributed by atoms with Crippen molar-refractivity contribution in [3.63, 3.8) is 0 Å². The van der Waals surface area contributed by atoms with Gasteiger partial charge in [0.15, 0.2) is 0 Å². The average Bonchev–Trinajstić information content (AvgIpc) is 2.44. The van der Waals surface area contributed by atoms with Crippen LogP contribution >= 0.6 is 36.4 Å². The van der Waals surface area contributed by atoms with E-state index in [1.807, 2.05) is 24.3 Å². The fourth-order valence-electron chi connectivity index (χ4n) is 2.27. The molecule has 1 heterocycles. The van der Waals surface area contributed by atoms with E-state index in [-0.39, 0.29) is 24.8 Å². The van der Waals surface area contributed by atoms with E-state index in [1.54, 1.807) is 0 Å². The van der Waals surface area contributed by atoms with Gasteiger partial charge < -0.3 is 14.7 Å². The molecule has 0 amide bonds. The third kappa shape index (κ3) is 7.97. The molecule has 1 aliphatic rings. The maximum Gasteiger partial charge on any atom is 0.0900 e. The molecule has 1 aromatic rings. The van der Waals surface area contributed by atoms with Gasteiger partial charge in [-0.05, 0) is 24.7 Å². The molecule has 0 radical (unpaired) electrons. The molecule has 1 fully saturated rings. The van der Waals surface area contributed by atoms with Crippen molar-refractivity contribution >= 4 is 36.4 Å². The molecule has 7 heteroatoms. The zero-order chi connectivity index (χ0) is 14.4. The van der Waals surface area contributed by atoms with Gasteiger partial charge in [0, 0.05) is 37.7 Å². The molecule has 0 spiro atoms. The van der Waals surface area contributed by atoms with Crippen LogP contribution in [0.4, 0.5) is 0 Å². The Hall–Kier alpha value is -0.0700. The van der Waals surface area contributed by atoms with Crippen molar-refractivity contribution in [3.8, 4) is 0 Å². The molecule has 22 heavy (non-hydrogen) atoms. The van der Waals surface area contributed by atoms with E-state index in [2.05, 4.69) is 16.8 Å². The Balaban J connectivity index is 0.00000220. The summed E-state index contributed by atoms with van der Waals surface area (Å²) in [7, 11) is 2.13. The lowest BCUT2D eigenvalue weighted by atomic mass is 10.2. The summed E-state index contributed by atoms with van der Waals surface area (Å²) in [5.41, 5.74) is 1.07. The van der Waals surface area contributed by atoms with Crippen LogP contribution in [0.1, 0.15) is 5.56 Å². The second kappa shape index (κ2) is 11.5. The molecule has 1 saturated heterocycles. The second-order valence-electron chi connectivity index (χ2n) is 5.40. The summed E-state index contributed by atoms with van der Waals surface area (Å²) >= 11 is 5.83. The minimum Gasteiger partial charge on any atom is -0.389 e. The lowest BCUT2D eigenvalue weighted by Crippen LogP contribution is -2.47. The first kappa shape index (κ1) is 21.9. The van der Waals surface area contributed by atoms with E-state index < -0.39 is 6.10 Å². The van der Waals surface area contributed by atoms with Gasteiger partial charge in [-0.25, -0.2) is 0 Å². The van der Waals surface area contributed by atoms with E-state index in [4.69, 9.17) is 16.3 Å². The number of aliphatic hydroxyl groups is 1. The minimum absolute atomic E-state index is 0. The highest BCUT2D eigenvalue weighted by molar-refractivity contribution is 6.30. The summed E-state index contributed by atoms with van der Waals surface area (Å²) in [6.45, 7) is 5.74. The van der Waals surface area contributed by atoms with Gasteiger partial charge >= 0.3 is 0 Å². The van der Waals surface area contributed by atoms with Crippen LogP contribution in [0, 0.1) is 0 Å². The summed E-state index contributed by atoms with van der Waals surface area (Å²) in [5, 5.41) is 10.7. The van der Waals surface area contributed by atoms with E-state index in [0.717, 1.165) is 36.8 Å². The predicted octanol–water partition coefficient (Wildman–Crippen LogP) is 2.31. The third-order valence-corrected chi connectivity index (χ3v) is 3.81. The third-order valence-electron chi connectivity index (χ3n) is 3.56. The number of likely N-dealkylation sites (N-methyl/N-ethyl adjacent to an activating group) is 1. The maximum atomic E-state index is 9.99. The average molecular weight is 372 g/mol. The molecule has 1 aliphatic heterocycles. The van der Waals surface area contributed by atoms with Crippen molar-refractivity contribution in [1.29, 1.82) is 0 Å². The molecule has 1 unspecified atom stereocenters. The van der Waals surface area contributed by atoms with Gasteiger partial charge in [-0.1, -0.05) is 23.7 Å². The number of nitrogens with zero attached hydrogens (tertiary/aromatic N) is 2. The standard InChI is InChI=1S/C15H23ClN2O2.2ClH/c1-17-6-8-18(9-7-17)10-15(19)12-20-11-13-2-4-14(16)5-3-13;;/h2-5,15,19H,6-12H2,1H3;2*1H. The van der Waals surface area contributed by atoms with Crippen LogP contribution in [0.2, 0.25) is 5.02 Å². The lowest BCUT2D eigenvalue weighted by molar-refractivity contribution is 0.00297. The van der Waals surface area contributed by atoms with Gasteiger partial charge in [-0.15, -0.1) is 24.8 Å². The van der Waals surface area contributed by atoms with Crippen LogP contribution in [-0.2, 0) is 11.3 Å². The van der Waals surface area contributed by atoms with Crippen LogP contribution in [-0.4, -0.2) is 67.4 Å². The summed E-state index contributed by atoms with van der Waals surface area (Å²) in [6.07, 6.45) is -0.425. The molecule has 128 valence electrons. The van der Waals surface area contributed by atoms with Crippen LogP contribution in [0.3, 0.4) is 0 Å². The van der Waals surface area contributed by atoms with E-state index in [9.17, 15) is 5.11 Å². The first-order valence-electron chi connectivity index (χ1n) is 7.04. The van der Waals surface area contributed by atoms with Gasteiger partial charge in [0.05, 0.1) is 19.3 Å². The highest BCUT2D eigenvalue weighted by Crippen LogP contribution is 2.10. The SMILES string of the molecule is CN1CCN(CC(O)COCc2ccc(Cl)cc2)CC1.Cl.Cl. The molecule has 0 aliphatic carbocycles. The van der Waals surface area contributed by atoms with E-state index in [1.165, 1.54) is 0 Å². The maximum absolute atomic E-state index is 9.99. The van der Waals surface area contributed by atoms with Gasteiger partial charge in [-0.2, -0.15) is 0 Å². The Morgan fingerprint density at radius 1 is 1.14 bits per heavy atom. The summed E-state index contributed by atoms with van der Waals surface area (Å²) in [4.78, 5) is 4.59. The Bertz CT molecular complexity index is 398. The zero-order valence-corrected chi connectivity index (χ0v) is 15.2. The molecule has 1 aromatic carbocycles. The van der Waals surface area contributed by atoms with Crippen LogP contribution in [0.5, 0.6) is 0 Å². The van der Waals surface area contributed by atoms with Gasteiger partial charge in [-0.3, -0.25) is 4.90 Å². The second-order valence-corrected chi connectivity index (χ2v) is 5.84. The minimum atomic E-state index is -0.425. The zero-order valence-electron chi connectivity index (χ0n) is 12.8. The number of rotatable bonds is 6. The normalized spacial score (nSPS) is 17.4. The highest BCUT2D eigenvalue weighted by atomic mass is 35.5. The predicted molar refractivity (Wildman–Crippen MR) is 95.5 cm³/mol. The smallest absolute Gasteiger partial charge is 0.0900 e. The molecular formula is C15H25Cl3N2O2. The Morgan fingerprint density at radius 3 is 2.32 bits per heavy atom. The number of hydrogen-bond acceptors (Lipinski definition) is 4. The molecule has 0 bridgehead atoms. The quantitative estimate of drug-likeness (QED) is 0.832. The van der Waals surface area contributed by atoms with E-state index >= 15 is 0 Å². The molecule has 2 rings (SSSR count). The summed E-state index contributed by atoms with van der Waals surface area (Å²) in [5.74, 6) is 0. The number of piperazine rings is 1. The number of hydrogen-bond donors (Lipinski definition) is 1. The molecule has 0 aromatic heterocycles. The van der Waals surface area contributed by atoms with Crippen molar-refractivity contribution in [2.45, 2.75) is 12.7 Å². The molecule has 1 atom stereocenters. The van der Waals surface area contributed by atoms with Crippen molar-refractivity contribution in [2.24, 2.45) is 0 Å². The number of benzene rings is 1. The number of β-amino-alcohol motifs (C(OH)–C–C–N with tert-alkyl or cyclic N) is 1. The summed E-state index contributed by atoms with van der Waals surface area (Å²) in [6, 6.07) is 7.58. The monoisotopic (exact) mass is 370 g/mol. The molecule has 1 N–H and O–H groups in total. The van der Waals surface area contributed by atoms with Gasteiger partial charge in [0.1, 0.15) is 0 Å². The first-order valence-corrected chi connectivity index (χ1v) is 7.42. The van der Waals surface area contributed by atoms with Gasteiger partial charge in [0.25, 0.3) is 0 Å². The Kier molecular flexibility index (Phi) is 11.4. The number of halogens is 3. The van der Waals surface area contributed by atoms with Crippen LogP contribution in [0.15, 0.2) is 24.3 Å². The molecule has 4 nitrogen and oxygen atoms in total. The van der Waals surface area contributed by atoms with Crippen LogP contribution < -0.4 is 0 Å². The molecular weight excluding hydrogens is 347 g/mol. The van der Waals surface area contributed by atoms with Crippen molar-refractivity contribution in [3.05, 3.63) is 34.9 Å². The highest BCUT2D eigenvalue weighted by Gasteiger charge is 2.16. The largest absolute Gasteiger partial charge is 0.389 e. The number of aliphatic hydroxyl groups excluding tert-OH is 1. The van der Waals surface area contributed by atoms with Crippen molar-refractivity contribution in [2.75, 3.05) is 46.4 Å². The number of ether oxygens (including phenoxy) is 1. The topological polar surface area (TPSA) is 35.9 Å². The Labute approximate surface area is 150 Å². The van der Waals surface area contributed by atoms with Crippen molar-refractivity contribution < 1.29 is 9.84 Å². The van der Waals surface area contributed by atoms with Crippen LogP contribution in [0.25, 0.3) is 0 Å². The van der Waals surface area contributed by atoms with E-state index in [0.29, 0.717) is 19.8 Å². The van der Waals surface area contributed by atoms with Crippen molar-refractivity contribution in [1.82, 2.24) is 9.80 Å². The first-order chi connectivity index (χ1) is 9.63.